The van der Waals surface area contributed by atoms with Crippen LogP contribution in [0.4, 0.5) is 23.4 Å². The number of aliphatic hydroxyl groups is 3. The molecule has 1 saturated heterocycles. The fourth-order valence-corrected chi connectivity index (χ4v) is 3.75. The summed E-state index contributed by atoms with van der Waals surface area (Å²) in [6, 6.07) is 3.11. The molecule has 0 saturated carbocycles. The van der Waals surface area contributed by atoms with E-state index in [1.54, 1.807) is 6.07 Å². The Morgan fingerprint density at radius 3 is 2.65 bits per heavy atom. The molecule has 1 aliphatic heterocycles. The number of hydrogen-bond donors (Lipinski definition) is 4. The number of nitrogens with two attached hydrogens (primary N) is 1. The van der Waals surface area contributed by atoms with Gasteiger partial charge in [-0.25, -0.2) is 14.4 Å². The number of nitrogen functional groups attached to an aromatic ring is 1. The van der Waals surface area contributed by atoms with E-state index in [-0.39, 0.29) is 17.5 Å². The number of benzene rings is 1. The van der Waals surface area contributed by atoms with Crippen molar-refractivity contribution in [3.63, 3.8) is 0 Å². The number of alkyl halides is 3. The van der Waals surface area contributed by atoms with Crippen LogP contribution in [-0.2, 0) is 10.9 Å². The predicted molar refractivity (Wildman–Crippen MR) is 98.8 cm³/mol. The summed E-state index contributed by atoms with van der Waals surface area (Å²) in [4.78, 5) is 7.92. The number of anilines is 1. The first-order chi connectivity index (χ1) is 14.4. The minimum absolute atomic E-state index is 0.166. The van der Waals surface area contributed by atoms with Crippen LogP contribution in [0, 0.1) is 5.82 Å². The molecule has 8 nitrogen and oxygen atoms in total. The van der Waals surface area contributed by atoms with E-state index in [0.29, 0.717) is 17.5 Å². The maximum absolute atomic E-state index is 13.8. The Bertz CT molecular complexity index is 1130. The first kappa shape index (κ1) is 21.4. The van der Waals surface area contributed by atoms with E-state index >= 15 is 0 Å². The number of halogens is 4. The van der Waals surface area contributed by atoms with Crippen molar-refractivity contribution in [2.24, 2.45) is 0 Å². The van der Waals surface area contributed by atoms with Crippen LogP contribution < -0.4 is 5.73 Å². The van der Waals surface area contributed by atoms with E-state index in [9.17, 15) is 32.9 Å². The second kappa shape index (κ2) is 7.12. The molecule has 3 aromatic rings. The van der Waals surface area contributed by atoms with Crippen molar-refractivity contribution in [2.45, 2.75) is 43.2 Å². The minimum atomic E-state index is -4.85. The van der Waals surface area contributed by atoms with Gasteiger partial charge in [-0.3, -0.25) is 0 Å². The van der Waals surface area contributed by atoms with Crippen LogP contribution in [0.2, 0.25) is 0 Å². The first-order valence-corrected chi connectivity index (χ1v) is 9.10. The van der Waals surface area contributed by atoms with Gasteiger partial charge in [0.15, 0.2) is 6.23 Å². The molecule has 1 aromatic carbocycles. The van der Waals surface area contributed by atoms with Gasteiger partial charge >= 0.3 is 6.18 Å². The largest absolute Gasteiger partial charge is 0.416 e. The lowest BCUT2D eigenvalue weighted by molar-refractivity contribution is -0.138. The van der Waals surface area contributed by atoms with Crippen LogP contribution in [0.25, 0.3) is 11.0 Å². The second-order valence-electron chi connectivity index (χ2n) is 7.55. The van der Waals surface area contributed by atoms with Crippen molar-refractivity contribution >= 4 is 16.9 Å². The van der Waals surface area contributed by atoms with Crippen LogP contribution in [-0.4, -0.2) is 47.7 Å². The topological polar surface area (TPSA) is 127 Å². The molecule has 31 heavy (non-hydrogen) atoms. The van der Waals surface area contributed by atoms with Crippen molar-refractivity contribution in [2.75, 3.05) is 5.73 Å². The number of aliphatic hydroxyl groups excluding tert-OH is 2. The van der Waals surface area contributed by atoms with Gasteiger partial charge in [-0.05, 0) is 36.8 Å². The van der Waals surface area contributed by atoms with Gasteiger partial charge in [0.2, 0.25) is 0 Å². The maximum atomic E-state index is 13.8. The summed E-state index contributed by atoms with van der Waals surface area (Å²) in [6.07, 6.45) is -8.54. The highest BCUT2D eigenvalue weighted by Crippen LogP contribution is 2.44. The van der Waals surface area contributed by atoms with E-state index in [0.717, 1.165) is 6.92 Å². The maximum Gasteiger partial charge on any atom is 0.416 e. The van der Waals surface area contributed by atoms with Gasteiger partial charge < -0.3 is 30.4 Å². The number of aromatic nitrogens is 3. The standard InChI is InChI=1S/C19H18F4N4O4/c1-18(30)13(29)17(27-3-2-11-15(24)25-7-26-16(11)27)31-14(18)12(28)8-4-9(19(21,22)23)6-10(20)5-8/h2-7,12-14,17,28-30H,1H3,(H2,24,25,26)/t12?,13-,14+,17+,18-/m0/s1. The molecule has 12 heteroatoms. The quantitative estimate of drug-likeness (QED) is 0.457. The lowest BCUT2D eigenvalue weighted by atomic mass is 9.88. The number of nitrogens with zero attached hydrogens (tertiary/aromatic N) is 3. The Morgan fingerprint density at radius 2 is 1.97 bits per heavy atom. The number of ether oxygens (including phenoxy) is 1. The molecule has 0 radical (unpaired) electrons. The van der Waals surface area contributed by atoms with Gasteiger partial charge in [-0.1, -0.05) is 0 Å². The molecule has 2 aromatic heterocycles. The van der Waals surface area contributed by atoms with Crippen molar-refractivity contribution in [1.29, 1.82) is 0 Å². The third-order valence-corrected chi connectivity index (χ3v) is 5.42. The SMILES string of the molecule is C[C@@]1(O)[C@@H](C(O)c2cc(F)cc(C(F)(F)F)c2)O[C@@H](n2ccc3c(N)ncnc32)[C@@H]1O. The highest BCUT2D eigenvalue weighted by atomic mass is 19.4. The molecule has 5 atom stereocenters. The summed E-state index contributed by atoms with van der Waals surface area (Å²) < 4.78 is 59.9. The van der Waals surface area contributed by atoms with Gasteiger partial charge in [-0.15, -0.1) is 0 Å². The van der Waals surface area contributed by atoms with E-state index in [1.165, 1.54) is 17.1 Å². The molecule has 1 unspecified atom stereocenters. The van der Waals surface area contributed by atoms with Crippen molar-refractivity contribution < 1.29 is 37.6 Å². The predicted octanol–water partition coefficient (Wildman–Crippen LogP) is 1.91. The second-order valence-corrected chi connectivity index (χ2v) is 7.55. The molecule has 166 valence electrons. The normalized spacial score (nSPS) is 27.7. The summed E-state index contributed by atoms with van der Waals surface area (Å²) in [5, 5.41) is 32.6. The fourth-order valence-electron chi connectivity index (χ4n) is 3.75. The average Bonchev–Trinajstić information content (AvgIpc) is 3.20. The first-order valence-electron chi connectivity index (χ1n) is 9.10. The smallest absolute Gasteiger partial charge is 0.386 e. The Kier molecular flexibility index (Phi) is 4.92. The summed E-state index contributed by atoms with van der Waals surface area (Å²) in [7, 11) is 0. The Hall–Kier alpha value is -2.80. The zero-order valence-electron chi connectivity index (χ0n) is 16.0. The number of rotatable bonds is 3. The molecule has 1 fully saturated rings. The molecule has 3 heterocycles. The van der Waals surface area contributed by atoms with Gasteiger partial charge in [0.25, 0.3) is 0 Å². The van der Waals surface area contributed by atoms with Crippen LogP contribution in [0.15, 0.2) is 36.8 Å². The van der Waals surface area contributed by atoms with Crippen LogP contribution >= 0.6 is 0 Å². The molecule has 1 aliphatic rings. The molecule has 0 spiro atoms. The molecular formula is C19H18F4N4O4. The van der Waals surface area contributed by atoms with E-state index in [1.807, 2.05) is 0 Å². The van der Waals surface area contributed by atoms with Gasteiger partial charge in [0.1, 0.15) is 47.5 Å². The lowest BCUT2D eigenvalue weighted by Crippen LogP contribution is -2.47. The van der Waals surface area contributed by atoms with Gasteiger partial charge in [0.05, 0.1) is 10.9 Å². The summed E-state index contributed by atoms with van der Waals surface area (Å²) in [5.74, 6) is -1.05. The lowest BCUT2D eigenvalue weighted by Gasteiger charge is -2.30. The third kappa shape index (κ3) is 3.51. The molecule has 0 aliphatic carbocycles. The van der Waals surface area contributed by atoms with E-state index in [2.05, 4.69) is 9.97 Å². The van der Waals surface area contributed by atoms with E-state index < -0.39 is 53.3 Å². The Balaban J connectivity index is 1.71. The highest BCUT2D eigenvalue weighted by molar-refractivity contribution is 5.86. The van der Waals surface area contributed by atoms with Crippen molar-refractivity contribution in [3.05, 3.63) is 53.7 Å². The van der Waals surface area contributed by atoms with Crippen LogP contribution in [0.5, 0.6) is 0 Å². The van der Waals surface area contributed by atoms with Crippen LogP contribution in [0.3, 0.4) is 0 Å². The molecule has 5 N–H and O–H groups in total. The molecule has 4 rings (SSSR count). The monoisotopic (exact) mass is 442 g/mol. The Morgan fingerprint density at radius 1 is 1.26 bits per heavy atom. The zero-order valence-corrected chi connectivity index (χ0v) is 16.0. The summed E-state index contributed by atoms with van der Waals surface area (Å²) in [5.41, 5.74) is 2.18. The zero-order chi connectivity index (χ0) is 22.7. The Labute approximate surface area is 172 Å². The van der Waals surface area contributed by atoms with Crippen LogP contribution in [0.1, 0.15) is 30.4 Å². The van der Waals surface area contributed by atoms with Gasteiger partial charge in [0, 0.05) is 6.20 Å². The minimum Gasteiger partial charge on any atom is -0.386 e. The van der Waals surface area contributed by atoms with Crippen molar-refractivity contribution in [1.82, 2.24) is 14.5 Å². The molecular weight excluding hydrogens is 424 g/mol. The van der Waals surface area contributed by atoms with Gasteiger partial charge in [-0.2, -0.15) is 13.2 Å². The number of fused-ring (bicyclic) bond motifs is 1. The van der Waals surface area contributed by atoms with E-state index in [4.69, 9.17) is 10.5 Å². The van der Waals surface area contributed by atoms with Crippen molar-refractivity contribution in [3.8, 4) is 0 Å². The average molecular weight is 442 g/mol. The highest BCUT2D eigenvalue weighted by Gasteiger charge is 2.56. The molecule has 0 amide bonds. The summed E-state index contributed by atoms with van der Waals surface area (Å²) in [6.45, 7) is 1.16. The summed E-state index contributed by atoms with van der Waals surface area (Å²) >= 11 is 0. The fraction of sp³-hybridized carbons (Fsp3) is 0.368. The molecule has 0 bridgehead atoms. The third-order valence-electron chi connectivity index (χ3n) is 5.42. The number of hydrogen-bond acceptors (Lipinski definition) is 7.